The van der Waals surface area contributed by atoms with E-state index in [0.717, 1.165) is 35.8 Å². The number of nitrogens with one attached hydrogen (secondary N) is 1. The van der Waals surface area contributed by atoms with Gasteiger partial charge >= 0.3 is 0 Å². The maximum atomic E-state index is 4.80. The summed E-state index contributed by atoms with van der Waals surface area (Å²) in [6, 6.07) is 12.4. The van der Waals surface area contributed by atoms with E-state index in [1.165, 1.54) is 17.7 Å². The van der Waals surface area contributed by atoms with E-state index in [0.29, 0.717) is 0 Å². The highest BCUT2D eigenvalue weighted by atomic mass is 79.9. The van der Waals surface area contributed by atoms with Crippen LogP contribution in [0.15, 0.2) is 51.2 Å². The molecule has 1 N–H and O–H groups in total. The average Bonchev–Trinajstić information content (AvgIpc) is 3.19. The highest BCUT2D eigenvalue weighted by Gasteiger charge is 2.16. The molecule has 3 nitrogen and oxygen atoms in total. The fourth-order valence-electron chi connectivity index (χ4n) is 2.37. The van der Waals surface area contributed by atoms with Crippen molar-refractivity contribution in [1.82, 2.24) is 4.90 Å². The zero-order chi connectivity index (χ0) is 14.5. The molecule has 1 aromatic carbocycles. The first kappa shape index (κ1) is 14.6. The minimum atomic E-state index is 0.743. The Balaban J connectivity index is 1.75. The van der Waals surface area contributed by atoms with Crippen molar-refractivity contribution in [3.63, 3.8) is 0 Å². The number of nitrogens with zero attached hydrogens (tertiary/aromatic N) is 2. The van der Waals surface area contributed by atoms with Gasteiger partial charge in [-0.15, -0.1) is 11.3 Å². The van der Waals surface area contributed by atoms with Gasteiger partial charge in [-0.2, -0.15) is 0 Å². The summed E-state index contributed by atoms with van der Waals surface area (Å²) < 4.78 is 1.09. The molecule has 2 aromatic rings. The predicted molar refractivity (Wildman–Crippen MR) is 94.0 cm³/mol. The molecule has 0 saturated carbocycles. The number of halogens is 1. The maximum Gasteiger partial charge on any atom is 0.198 e. The normalized spacial score (nSPS) is 15.5. The van der Waals surface area contributed by atoms with Crippen LogP contribution in [0.3, 0.4) is 0 Å². The van der Waals surface area contributed by atoms with Crippen molar-refractivity contribution in [1.29, 1.82) is 0 Å². The van der Waals surface area contributed by atoms with Crippen molar-refractivity contribution in [3.05, 3.63) is 51.1 Å². The first-order valence-corrected chi connectivity index (χ1v) is 8.83. The Bertz CT molecular complexity index is 586. The van der Waals surface area contributed by atoms with Crippen molar-refractivity contribution in [3.8, 4) is 0 Å². The van der Waals surface area contributed by atoms with Gasteiger partial charge in [0, 0.05) is 28.1 Å². The van der Waals surface area contributed by atoms with Crippen LogP contribution in [-0.2, 0) is 6.54 Å². The van der Waals surface area contributed by atoms with E-state index < -0.39 is 0 Å². The highest BCUT2D eigenvalue weighted by Crippen LogP contribution is 2.17. The molecular formula is C16H18BrN3S. The van der Waals surface area contributed by atoms with Gasteiger partial charge in [-0.3, -0.25) is 0 Å². The molecule has 0 spiro atoms. The lowest BCUT2D eigenvalue weighted by Crippen LogP contribution is -2.34. The molecule has 0 radical (unpaired) electrons. The second-order valence-electron chi connectivity index (χ2n) is 5.05. The van der Waals surface area contributed by atoms with Crippen LogP contribution >= 0.6 is 27.3 Å². The maximum absolute atomic E-state index is 4.80. The third-order valence-electron chi connectivity index (χ3n) is 3.47. The van der Waals surface area contributed by atoms with Crippen molar-refractivity contribution in [2.45, 2.75) is 19.4 Å². The number of hydrogen-bond acceptors (Lipinski definition) is 2. The summed E-state index contributed by atoms with van der Waals surface area (Å²) in [7, 11) is 0. The SMILES string of the molecule is Brc1ccc(NC(=NCc2cccs2)N2CCCC2)cc1. The van der Waals surface area contributed by atoms with Crippen LogP contribution in [0.2, 0.25) is 0 Å². The number of likely N-dealkylation sites (tertiary alicyclic amines) is 1. The molecule has 1 aliphatic rings. The number of rotatable bonds is 3. The molecule has 5 heteroatoms. The van der Waals surface area contributed by atoms with Crippen LogP contribution in [0.1, 0.15) is 17.7 Å². The van der Waals surface area contributed by atoms with Gasteiger partial charge < -0.3 is 10.2 Å². The van der Waals surface area contributed by atoms with E-state index in [1.807, 2.05) is 12.1 Å². The first-order chi connectivity index (χ1) is 10.3. The Morgan fingerprint density at radius 1 is 1.19 bits per heavy atom. The summed E-state index contributed by atoms with van der Waals surface area (Å²) in [4.78, 5) is 8.43. The number of thiophene rings is 1. The standard InChI is InChI=1S/C16H18BrN3S/c17-13-5-7-14(8-6-13)19-16(20-9-1-2-10-20)18-12-15-4-3-11-21-15/h3-8,11H,1-2,9-10,12H2,(H,18,19). The lowest BCUT2D eigenvalue weighted by Gasteiger charge is -2.21. The highest BCUT2D eigenvalue weighted by molar-refractivity contribution is 9.10. The number of benzene rings is 1. The topological polar surface area (TPSA) is 27.6 Å². The lowest BCUT2D eigenvalue weighted by molar-refractivity contribution is 0.515. The molecule has 2 heterocycles. The first-order valence-electron chi connectivity index (χ1n) is 7.15. The molecule has 1 fully saturated rings. The minimum absolute atomic E-state index is 0.743. The van der Waals surface area contributed by atoms with E-state index in [1.54, 1.807) is 11.3 Å². The quantitative estimate of drug-likeness (QED) is 0.638. The molecule has 110 valence electrons. The van der Waals surface area contributed by atoms with Crippen LogP contribution in [0.4, 0.5) is 5.69 Å². The summed E-state index contributed by atoms with van der Waals surface area (Å²) in [5.74, 6) is 0.989. The predicted octanol–water partition coefficient (Wildman–Crippen LogP) is 4.57. The fraction of sp³-hybridized carbons (Fsp3) is 0.312. The van der Waals surface area contributed by atoms with E-state index in [-0.39, 0.29) is 0 Å². The molecule has 0 aliphatic carbocycles. The van der Waals surface area contributed by atoms with Gasteiger partial charge in [-0.1, -0.05) is 22.0 Å². The summed E-state index contributed by atoms with van der Waals surface area (Å²) in [6.45, 7) is 2.92. The second-order valence-corrected chi connectivity index (χ2v) is 6.99. The number of anilines is 1. The lowest BCUT2D eigenvalue weighted by atomic mass is 10.3. The average molecular weight is 364 g/mol. The summed E-state index contributed by atoms with van der Waals surface area (Å²) in [6.07, 6.45) is 2.50. The third-order valence-corrected chi connectivity index (χ3v) is 4.86. The monoisotopic (exact) mass is 363 g/mol. The summed E-state index contributed by atoms with van der Waals surface area (Å²) in [5, 5.41) is 5.57. The van der Waals surface area contributed by atoms with Crippen LogP contribution < -0.4 is 5.32 Å². The van der Waals surface area contributed by atoms with Crippen LogP contribution in [0, 0.1) is 0 Å². The Hall–Kier alpha value is -1.33. The van der Waals surface area contributed by atoms with Gasteiger partial charge in [0.05, 0.1) is 6.54 Å². The molecule has 3 rings (SSSR count). The van der Waals surface area contributed by atoms with E-state index in [4.69, 9.17) is 4.99 Å². The number of hydrogen-bond donors (Lipinski definition) is 1. The van der Waals surface area contributed by atoms with E-state index >= 15 is 0 Å². The minimum Gasteiger partial charge on any atom is -0.343 e. The van der Waals surface area contributed by atoms with E-state index in [2.05, 4.69) is 55.8 Å². The zero-order valence-corrected chi connectivity index (χ0v) is 14.2. The molecule has 21 heavy (non-hydrogen) atoms. The van der Waals surface area contributed by atoms with Crippen molar-refractivity contribution in [2.75, 3.05) is 18.4 Å². The molecular weight excluding hydrogens is 346 g/mol. The van der Waals surface area contributed by atoms with Crippen LogP contribution in [0.5, 0.6) is 0 Å². The van der Waals surface area contributed by atoms with Gasteiger partial charge in [0.25, 0.3) is 0 Å². The molecule has 0 bridgehead atoms. The van der Waals surface area contributed by atoms with Gasteiger partial charge in [0.2, 0.25) is 0 Å². The molecule has 0 amide bonds. The van der Waals surface area contributed by atoms with Gasteiger partial charge in [0.1, 0.15) is 0 Å². The Kier molecular flexibility index (Phi) is 4.93. The zero-order valence-electron chi connectivity index (χ0n) is 11.8. The van der Waals surface area contributed by atoms with Crippen molar-refractivity contribution < 1.29 is 0 Å². The second kappa shape index (κ2) is 7.09. The van der Waals surface area contributed by atoms with Gasteiger partial charge in [-0.25, -0.2) is 4.99 Å². The third kappa shape index (κ3) is 4.08. The van der Waals surface area contributed by atoms with Crippen molar-refractivity contribution in [2.24, 2.45) is 4.99 Å². The van der Waals surface area contributed by atoms with Crippen molar-refractivity contribution >= 4 is 38.9 Å². The molecule has 0 unspecified atom stereocenters. The van der Waals surface area contributed by atoms with Crippen LogP contribution in [-0.4, -0.2) is 23.9 Å². The molecule has 1 saturated heterocycles. The largest absolute Gasteiger partial charge is 0.343 e. The molecule has 0 atom stereocenters. The Morgan fingerprint density at radius 3 is 2.62 bits per heavy atom. The van der Waals surface area contributed by atoms with Gasteiger partial charge in [0.15, 0.2) is 5.96 Å². The van der Waals surface area contributed by atoms with Gasteiger partial charge in [-0.05, 0) is 48.6 Å². The Labute approximate surface area is 137 Å². The van der Waals surface area contributed by atoms with E-state index in [9.17, 15) is 0 Å². The molecule has 1 aliphatic heterocycles. The summed E-state index contributed by atoms with van der Waals surface area (Å²) in [5.41, 5.74) is 1.08. The Morgan fingerprint density at radius 2 is 1.95 bits per heavy atom. The van der Waals surface area contributed by atoms with Crippen LogP contribution in [0.25, 0.3) is 0 Å². The summed E-state index contributed by atoms with van der Waals surface area (Å²) >= 11 is 5.22. The number of guanidine groups is 1. The molecule has 1 aromatic heterocycles. The fourth-order valence-corrected chi connectivity index (χ4v) is 3.26. The number of aliphatic imine (C=N–C) groups is 1. The smallest absolute Gasteiger partial charge is 0.198 e.